The van der Waals surface area contributed by atoms with Gasteiger partial charge in [0.2, 0.25) is 0 Å². The molecule has 0 saturated carbocycles. The average molecular weight is 108 g/mol. The Balaban J connectivity index is 3.60. The van der Waals surface area contributed by atoms with Crippen LogP contribution in [0.25, 0.3) is 0 Å². The molecule has 0 bridgehead atoms. The second kappa shape index (κ2) is 2.68. The molecule has 0 atom stereocenters. The third kappa shape index (κ3) is 4.46. The molecule has 0 amide bonds. The van der Waals surface area contributed by atoms with Crippen molar-refractivity contribution in [2.75, 3.05) is 0 Å². The molecule has 0 aliphatic carbocycles. The summed E-state index contributed by atoms with van der Waals surface area (Å²) in [5.41, 5.74) is 0. The van der Waals surface area contributed by atoms with Crippen LogP contribution in [0, 0.1) is 0 Å². The van der Waals surface area contributed by atoms with Crippen molar-refractivity contribution in [3.05, 3.63) is 0 Å². The van der Waals surface area contributed by atoms with Gasteiger partial charge >= 0.3 is 37.4 Å². The molecule has 0 nitrogen and oxygen atoms in total. The van der Waals surface area contributed by atoms with Gasteiger partial charge in [0.1, 0.15) is 0 Å². The van der Waals surface area contributed by atoms with Crippen LogP contribution in [0.2, 0.25) is 0 Å². The Morgan fingerprint density at radius 3 is 2.20 bits per heavy atom. The molecule has 0 aromatic carbocycles. The summed E-state index contributed by atoms with van der Waals surface area (Å²) in [5.74, 6) is 0. The van der Waals surface area contributed by atoms with Gasteiger partial charge in [-0.1, -0.05) is 0 Å². The second-order valence-electron chi connectivity index (χ2n) is 0.655. The van der Waals surface area contributed by atoms with Crippen LogP contribution in [0.5, 0.6) is 0 Å². The SMILES string of the molecule is C=[P+]=C(C)Cl. The Morgan fingerprint density at radius 2 is 2.20 bits per heavy atom. The summed E-state index contributed by atoms with van der Waals surface area (Å²) in [6.45, 7) is 1.83. The summed E-state index contributed by atoms with van der Waals surface area (Å²) in [7, 11) is 0.929. The molecule has 2 heteroatoms. The zero-order valence-corrected chi connectivity index (χ0v) is 4.68. The van der Waals surface area contributed by atoms with Gasteiger partial charge in [-0.2, -0.15) is 0 Å². The Kier molecular flexibility index (Phi) is 2.93. The van der Waals surface area contributed by atoms with Gasteiger partial charge in [-0.15, -0.1) is 0 Å². The number of rotatable bonds is 0. The molecule has 28 valence electrons. The first-order valence-corrected chi connectivity index (χ1v) is 2.69. The van der Waals surface area contributed by atoms with E-state index in [-0.39, 0.29) is 0 Å². The summed E-state index contributed by atoms with van der Waals surface area (Å²) in [4.78, 5) is 0. The molecule has 0 rings (SSSR count). The van der Waals surface area contributed by atoms with E-state index in [2.05, 4.69) is 6.30 Å². The van der Waals surface area contributed by atoms with Crippen molar-refractivity contribution in [1.82, 2.24) is 0 Å². The molecule has 0 heterocycles. The van der Waals surface area contributed by atoms with E-state index in [1.807, 2.05) is 6.92 Å². The molecule has 0 aromatic rings. The van der Waals surface area contributed by atoms with E-state index in [0.29, 0.717) is 0 Å². The van der Waals surface area contributed by atoms with Crippen molar-refractivity contribution >= 4 is 30.5 Å². The van der Waals surface area contributed by atoms with E-state index in [1.165, 1.54) is 0 Å². The first kappa shape index (κ1) is 5.46. The zero-order chi connectivity index (χ0) is 4.28. The number of hydrogen-bond acceptors (Lipinski definition) is 0. The Bertz CT molecular complexity index is 67.0. The van der Waals surface area contributed by atoms with Crippen LogP contribution in [0.4, 0.5) is 0 Å². The quantitative estimate of drug-likeness (QED) is 0.414. The maximum absolute atomic E-state index is 5.30. The molecule has 0 aliphatic heterocycles. The molecule has 5 heavy (non-hydrogen) atoms. The van der Waals surface area contributed by atoms with Crippen molar-refractivity contribution in [2.45, 2.75) is 6.92 Å². The van der Waals surface area contributed by atoms with Crippen molar-refractivity contribution in [3.63, 3.8) is 0 Å². The fourth-order valence-corrected chi connectivity index (χ4v) is 0. The molecule has 0 radical (unpaired) electrons. The topological polar surface area (TPSA) is 0 Å². The van der Waals surface area contributed by atoms with Crippen molar-refractivity contribution in [3.8, 4) is 0 Å². The maximum atomic E-state index is 5.30. The van der Waals surface area contributed by atoms with Crippen molar-refractivity contribution in [1.29, 1.82) is 0 Å². The third-order valence-corrected chi connectivity index (χ3v) is 1.01. The van der Waals surface area contributed by atoms with E-state index in [4.69, 9.17) is 11.6 Å². The molecule has 0 spiro atoms. The van der Waals surface area contributed by atoms with Gasteiger partial charge in [-0.3, -0.25) is 0 Å². The van der Waals surface area contributed by atoms with Crippen molar-refractivity contribution < 1.29 is 0 Å². The summed E-state index contributed by atoms with van der Waals surface area (Å²) in [5, 5.41) is 0. The molecular weight excluding hydrogens is 102 g/mol. The Labute approximate surface area is 38.2 Å². The minimum absolute atomic E-state index is 0.838. The Hall–Kier alpha value is 0.460. The van der Waals surface area contributed by atoms with Gasteiger partial charge in [-0.25, -0.2) is 0 Å². The summed E-state index contributed by atoms with van der Waals surface area (Å²) >= 11 is 5.30. The van der Waals surface area contributed by atoms with Gasteiger partial charge < -0.3 is 0 Å². The van der Waals surface area contributed by atoms with Crippen molar-refractivity contribution in [2.24, 2.45) is 0 Å². The van der Waals surface area contributed by atoms with Crippen LogP contribution in [0.1, 0.15) is 6.92 Å². The fourth-order valence-electron chi connectivity index (χ4n) is 0. The van der Waals surface area contributed by atoms with E-state index < -0.39 is 0 Å². The van der Waals surface area contributed by atoms with E-state index in [0.717, 1.165) is 12.6 Å². The van der Waals surface area contributed by atoms with Gasteiger partial charge in [0, 0.05) is 0 Å². The minimum atomic E-state index is 0.838. The van der Waals surface area contributed by atoms with E-state index in [9.17, 15) is 0 Å². The zero-order valence-electron chi connectivity index (χ0n) is 3.03. The monoisotopic (exact) mass is 107 g/mol. The van der Waals surface area contributed by atoms with Gasteiger partial charge in [0.15, 0.2) is 0 Å². The first-order chi connectivity index (χ1) is 2.27. The van der Waals surface area contributed by atoms with Gasteiger partial charge in [-0.05, 0) is 0 Å². The normalized spacial score (nSPS) is 6.80. The van der Waals surface area contributed by atoms with Crippen LogP contribution >= 0.6 is 19.4 Å². The van der Waals surface area contributed by atoms with Gasteiger partial charge in [0.05, 0.1) is 0 Å². The predicted octanol–water partition coefficient (Wildman–Crippen LogP) is 1.75. The van der Waals surface area contributed by atoms with Crippen LogP contribution in [0.3, 0.4) is 0 Å². The second-order valence-corrected chi connectivity index (χ2v) is 2.47. The summed E-state index contributed by atoms with van der Waals surface area (Å²) in [6.07, 6.45) is 3.49. The van der Waals surface area contributed by atoms with Crippen LogP contribution in [-0.4, -0.2) is 11.1 Å². The van der Waals surface area contributed by atoms with E-state index >= 15 is 0 Å². The predicted molar refractivity (Wildman–Crippen MR) is 30.6 cm³/mol. The summed E-state index contributed by atoms with van der Waals surface area (Å²) < 4.78 is 0.838. The first-order valence-electron chi connectivity index (χ1n) is 1.23. The molecular formula is C3H5ClP+. The number of hydrogen-bond donors (Lipinski definition) is 0. The Morgan fingerprint density at radius 1 is 2.00 bits per heavy atom. The molecule has 0 saturated heterocycles. The third-order valence-electron chi connectivity index (χ3n) is 0.218. The van der Waals surface area contributed by atoms with Gasteiger partial charge in [0.25, 0.3) is 0 Å². The van der Waals surface area contributed by atoms with E-state index in [1.54, 1.807) is 0 Å². The standard InChI is InChI=1S/C3H5ClP/c1-3(4)5-2/h2H2,1H3/q+1. The molecule has 0 fully saturated rings. The fraction of sp³-hybridized carbons (Fsp3) is 0.333. The summed E-state index contributed by atoms with van der Waals surface area (Å²) in [6, 6.07) is 0. The van der Waals surface area contributed by atoms with Crippen LogP contribution < -0.4 is 0 Å². The molecule has 0 aliphatic rings. The van der Waals surface area contributed by atoms with Crippen LogP contribution in [-0.2, 0) is 0 Å². The molecule has 0 aromatic heterocycles. The molecule has 0 N–H and O–H groups in total. The average Bonchev–Trinajstić information content (AvgIpc) is 1.38. The number of halogens is 1. The molecule has 0 unspecified atom stereocenters. The van der Waals surface area contributed by atoms with Crippen LogP contribution in [0.15, 0.2) is 0 Å².